The minimum atomic E-state index is -0.232. The molecule has 1 aromatic carbocycles. The van der Waals surface area contributed by atoms with E-state index in [9.17, 15) is 4.39 Å². The van der Waals surface area contributed by atoms with Crippen LogP contribution in [0.5, 0.6) is 0 Å². The second-order valence-electron chi connectivity index (χ2n) is 6.54. The van der Waals surface area contributed by atoms with Crippen molar-refractivity contribution >= 4 is 17.0 Å². The number of anilines is 2. The first-order valence-corrected chi connectivity index (χ1v) is 8.95. The van der Waals surface area contributed by atoms with Gasteiger partial charge in [0.15, 0.2) is 5.82 Å². The van der Waals surface area contributed by atoms with E-state index in [0.717, 1.165) is 29.9 Å². The minimum absolute atomic E-state index is 0.0728. The van der Waals surface area contributed by atoms with Crippen LogP contribution in [0, 0.1) is 12.7 Å². The molecule has 8 heteroatoms. The summed E-state index contributed by atoms with van der Waals surface area (Å²) >= 11 is 0. The molecule has 4 rings (SSSR count). The lowest BCUT2D eigenvalue weighted by Crippen LogP contribution is -2.40. The Morgan fingerprint density at radius 3 is 3.15 bits per heavy atom. The molecule has 0 amide bonds. The molecule has 1 aliphatic heterocycles. The molecule has 2 aromatic heterocycles. The summed E-state index contributed by atoms with van der Waals surface area (Å²) in [6, 6.07) is 6.84. The van der Waals surface area contributed by atoms with Gasteiger partial charge in [0.25, 0.3) is 0 Å². The van der Waals surface area contributed by atoms with E-state index in [1.807, 2.05) is 12.3 Å². The van der Waals surface area contributed by atoms with Gasteiger partial charge in [0.1, 0.15) is 17.7 Å². The van der Waals surface area contributed by atoms with Crippen LogP contribution in [0.3, 0.4) is 0 Å². The Morgan fingerprint density at radius 1 is 1.41 bits per heavy atom. The zero-order valence-electron chi connectivity index (χ0n) is 15.1. The molecule has 0 spiro atoms. The van der Waals surface area contributed by atoms with E-state index in [1.54, 1.807) is 23.6 Å². The van der Waals surface area contributed by atoms with Crippen molar-refractivity contribution in [3.05, 3.63) is 53.7 Å². The summed E-state index contributed by atoms with van der Waals surface area (Å²) < 4.78 is 26.8. The van der Waals surface area contributed by atoms with Gasteiger partial charge in [-0.2, -0.15) is 5.10 Å². The van der Waals surface area contributed by atoms with Crippen LogP contribution in [0.15, 0.2) is 36.8 Å². The highest BCUT2D eigenvalue weighted by Gasteiger charge is 2.15. The maximum atomic E-state index is 13.5. The van der Waals surface area contributed by atoms with Gasteiger partial charge in [0, 0.05) is 30.5 Å². The molecule has 142 valence electrons. The second-order valence-corrected chi connectivity index (χ2v) is 6.54. The zero-order chi connectivity index (χ0) is 18.6. The Morgan fingerprint density at radius 2 is 2.33 bits per heavy atom. The van der Waals surface area contributed by atoms with Gasteiger partial charge in [-0.1, -0.05) is 0 Å². The molecule has 0 unspecified atom stereocenters. The Labute approximate surface area is 156 Å². The van der Waals surface area contributed by atoms with E-state index >= 15 is 0 Å². The Balaban J connectivity index is 1.51. The monoisotopic (exact) mass is 371 g/mol. The molecular formula is C19H22FN5O2. The number of nitrogens with zero attached hydrogens (tertiary/aromatic N) is 3. The van der Waals surface area contributed by atoms with Crippen molar-refractivity contribution in [3.8, 4) is 0 Å². The average molecular weight is 371 g/mol. The molecule has 3 heterocycles. The predicted molar refractivity (Wildman–Crippen MR) is 99.7 cm³/mol. The first-order chi connectivity index (χ1) is 13.2. The number of benzene rings is 1. The third kappa shape index (κ3) is 4.08. The van der Waals surface area contributed by atoms with Crippen molar-refractivity contribution in [3.63, 3.8) is 0 Å². The lowest BCUT2D eigenvalue weighted by Gasteiger charge is -2.23. The van der Waals surface area contributed by atoms with Gasteiger partial charge in [-0.15, -0.1) is 0 Å². The largest absolute Gasteiger partial charge is 0.374 e. The van der Waals surface area contributed by atoms with Gasteiger partial charge >= 0.3 is 0 Å². The molecule has 2 N–H and O–H groups in total. The lowest BCUT2D eigenvalue weighted by atomic mass is 10.2. The smallest absolute Gasteiger partial charge is 0.158 e. The third-order valence-electron chi connectivity index (χ3n) is 4.52. The van der Waals surface area contributed by atoms with Gasteiger partial charge in [0.05, 0.1) is 25.9 Å². The van der Waals surface area contributed by atoms with Crippen LogP contribution >= 0.6 is 0 Å². The van der Waals surface area contributed by atoms with E-state index in [1.165, 1.54) is 12.4 Å². The van der Waals surface area contributed by atoms with Crippen LogP contribution in [0.25, 0.3) is 5.52 Å². The van der Waals surface area contributed by atoms with Gasteiger partial charge in [-0.25, -0.2) is 13.9 Å². The molecular weight excluding hydrogens is 349 g/mol. The number of morpholine rings is 1. The maximum Gasteiger partial charge on any atom is 0.158 e. The quantitative estimate of drug-likeness (QED) is 0.693. The fraction of sp³-hybridized carbons (Fsp3) is 0.368. The molecule has 1 atom stereocenters. The van der Waals surface area contributed by atoms with E-state index < -0.39 is 0 Å². The molecule has 0 aliphatic carbocycles. The van der Waals surface area contributed by atoms with E-state index in [4.69, 9.17) is 9.47 Å². The van der Waals surface area contributed by atoms with Crippen LogP contribution in [-0.4, -0.2) is 47.0 Å². The summed E-state index contributed by atoms with van der Waals surface area (Å²) in [5.74, 6) is 0.416. The van der Waals surface area contributed by atoms with Crippen LogP contribution in [0.1, 0.15) is 11.1 Å². The third-order valence-corrected chi connectivity index (χ3v) is 4.52. The van der Waals surface area contributed by atoms with Crippen molar-refractivity contribution in [2.75, 3.05) is 31.6 Å². The minimum Gasteiger partial charge on any atom is -0.374 e. The summed E-state index contributed by atoms with van der Waals surface area (Å²) in [5.41, 5.74) is 3.15. The highest BCUT2D eigenvalue weighted by atomic mass is 19.1. The highest BCUT2D eigenvalue weighted by Crippen LogP contribution is 2.24. The number of halogens is 1. The van der Waals surface area contributed by atoms with Crippen molar-refractivity contribution in [1.82, 2.24) is 19.9 Å². The SMILES string of the molecule is Cc1cc(Nc2ncnn3ccc(COC[C@@H]4CNCCO4)c23)ccc1F. The van der Waals surface area contributed by atoms with Crippen LogP contribution < -0.4 is 10.6 Å². The van der Waals surface area contributed by atoms with Gasteiger partial charge in [-0.05, 0) is 36.8 Å². The van der Waals surface area contributed by atoms with Crippen molar-refractivity contribution in [2.45, 2.75) is 19.6 Å². The van der Waals surface area contributed by atoms with E-state index in [0.29, 0.717) is 31.2 Å². The first kappa shape index (κ1) is 17.8. The van der Waals surface area contributed by atoms with E-state index in [-0.39, 0.29) is 11.9 Å². The van der Waals surface area contributed by atoms with Crippen LogP contribution in [-0.2, 0) is 16.1 Å². The molecule has 7 nitrogen and oxygen atoms in total. The summed E-state index contributed by atoms with van der Waals surface area (Å²) in [6.07, 6.45) is 3.43. The van der Waals surface area contributed by atoms with Gasteiger partial charge < -0.3 is 20.1 Å². The number of hydrogen-bond acceptors (Lipinski definition) is 6. The van der Waals surface area contributed by atoms with Gasteiger partial charge in [-0.3, -0.25) is 0 Å². The summed E-state index contributed by atoms with van der Waals surface area (Å²) in [4.78, 5) is 4.36. The average Bonchev–Trinajstić information content (AvgIpc) is 3.10. The molecule has 0 saturated carbocycles. The lowest BCUT2D eigenvalue weighted by molar-refractivity contribution is -0.0355. The Kier molecular flexibility index (Phi) is 5.28. The molecule has 3 aromatic rings. The van der Waals surface area contributed by atoms with Gasteiger partial charge in [0.2, 0.25) is 0 Å². The molecule has 1 aliphatic rings. The number of ether oxygens (including phenoxy) is 2. The van der Waals surface area contributed by atoms with Crippen LogP contribution in [0.4, 0.5) is 15.9 Å². The molecule has 1 saturated heterocycles. The second kappa shape index (κ2) is 7.99. The number of rotatable bonds is 6. The Hall–Kier alpha value is -2.55. The number of hydrogen-bond donors (Lipinski definition) is 2. The Bertz CT molecular complexity index is 924. The zero-order valence-corrected chi connectivity index (χ0v) is 15.1. The number of aryl methyl sites for hydroxylation is 1. The molecule has 0 bridgehead atoms. The first-order valence-electron chi connectivity index (χ1n) is 8.95. The molecule has 1 fully saturated rings. The summed E-state index contributed by atoms with van der Waals surface area (Å²) in [6.45, 7) is 5.09. The highest BCUT2D eigenvalue weighted by molar-refractivity contribution is 5.76. The summed E-state index contributed by atoms with van der Waals surface area (Å²) in [7, 11) is 0. The fourth-order valence-corrected chi connectivity index (χ4v) is 3.11. The maximum absolute atomic E-state index is 13.5. The number of aromatic nitrogens is 3. The molecule has 0 radical (unpaired) electrons. The van der Waals surface area contributed by atoms with Crippen LogP contribution in [0.2, 0.25) is 0 Å². The van der Waals surface area contributed by atoms with Crippen molar-refractivity contribution in [2.24, 2.45) is 0 Å². The normalized spacial score (nSPS) is 17.3. The number of nitrogens with one attached hydrogen (secondary N) is 2. The predicted octanol–water partition coefficient (Wildman–Crippen LogP) is 2.43. The topological polar surface area (TPSA) is 72.7 Å². The van der Waals surface area contributed by atoms with Crippen molar-refractivity contribution < 1.29 is 13.9 Å². The standard InChI is InChI=1S/C19H22FN5O2/c1-13-8-15(2-3-17(13)20)24-19-18-14(4-6-25(18)23-12-22-19)10-26-11-16-9-21-5-7-27-16/h2-4,6,8,12,16,21H,5,7,9-11H2,1H3,(H,22,23,24)/t16-/m0/s1. The summed E-state index contributed by atoms with van der Waals surface area (Å²) in [5, 5.41) is 10.8. The fourth-order valence-electron chi connectivity index (χ4n) is 3.11. The molecule has 27 heavy (non-hydrogen) atoms. The number of fused-ring (bicyclic) bond motifs is 1. The van der Waals surface area contributed by atoms with Crippen molar-refractivity contribution in [1.29, 1.82) is 0 Å². The van der Waals surface area contributed by atoms with E-state index in [2.05, 4.69) is 20.7 Å².